The summed E-state index contributed by atoms with van der Waals surface area (Å²) in [4.78, 5) is 0. The van der Waals surface area contributed by atoms with Crippen molar-refractivity contribution >= 4 is 0 Å². The molecule has 0 spiro atoms. The summed E-state index contributed by atoms with van der Waals surface area (Å²) in [5.74, 6) is 0.186. The van der Waals surface area contributed by atoms with Crippen LogP contribution >= 0.6 is 0 Å². The molecule has 0 radical (unpaired) electrons. The Kier molecular flexibility index (Phi) is 5.53. The van der Waals surface area contributed by atoms with Crippen molar-refractivity contribution in [1.29, 1.82) is 0 Å². The van der Waals surface area contributed by atoms with Gasteiger partial charge < -0.3 is 9.47 Å². The van der Waals surface area contributed by atoms with Crippen molar-refractivity contribution in [3.63, 3.8) is 0 Å². The largest absolute Gasteiger partial charge is 0.376 e. The van der Waals surface area contributed by atoms with Gasteiger partial charge in [0.2, 0.25) is 0 Å². The molecule has 3 aromatic rings. The van der Waals surface area contributed by atoms with Crippen LogP contribution in [-0.4, -0.2) is 35.2 Å². The standard InChI is InChI=1S/C25H27N2O2.Pd/c1-17(25(4)16-28-11-12-29-25)18-14-26-27(15-18)19-9-10-23-21(13-19)20-7-5-6-8-22(20)24(23,2)3;/h5-8,10,13-15,17H,11-12,16H2,1-4H3;/q-1;. The first-order valence-electron chi connectivity index (χ1n) is 10.3. The first-order valence-corrected chi connectivity index (χ1v) is 10.3. The zero-order chi connectivity index (χ0) is 20.2. The molecule has 0 bridgehead atoms. The molecule has 0 saturated carbocycles. The van der Waals surface area contributed by atoms with Crippen molar-refractivity contribution in [3.8, 4) is 16.8 Å². The Hall–Kier alpha value is -1.77. The molecule has 5 heteroatoms. The van der Waals surface area contributed by atoms with Gasteiger partial charge in [-0.1, -0.05) is 45.0 Å². The minimum atomic E-state index is -0.323. The van der Waals surface area contributed by atoms with E-state index in [2.05, 4.69) is 81.5 Å². The topological polar surface area (TPSA) is 36.3 Å². The Morgan fingerprint density at radius 3 is 2.67 bits per heavy atom. The van der Waals surface area contributed by atoms with E-state index in [0.717, 1.165) is 11.3 Å². The van der Waals surface area contributed by atoms with E-state index < -0.39 is 0 Å². The molecule has 1 saturated heterocycles. The molecule has 2 unspecified atom stereocenters. The number of ether oxygens (including phenoxy) is 2. The average molecular weight is 494 g/mol. The second kappa shape index (κ2) is 7.73. The van der Waals surface area contributed by atoms with Crippen molar-refractivity contribution in [3.05, 3.63) is 71.5 Å². The number of hydrogen-bond acceptors (Lipinski definition) is 3. The van der Waals surface area contributed by atoms with E-state index >= 15 is 0 Å². The molecule has 1 fully saturated rings. The van der Waals surface area contributed by atoms with E-state index in [0.29, 0.717) is 19.8 Å². The zero-order valence-corrected chi connectivity index (χ0v) is 19.4. The van der Waals surface area contributed by atoms with Crippen molar-refractivity contribution < 1.29 is 29.9 Å². The molecule has 1 aliphatic carbocycles. The van der Waals surface area contributed by atoms with Gasteiger partial charge in [-0.25, -0.2) is 0 Å². The smallest absolute Gasteiger partial charge is 0.0954 e. The maximum Gasteiger partial charge on any atom is 0.0954 e. The van der Waals surface area contributed by atoms with Crippen molar-refractivity contribution in [2.75, 3.05) is 19.8 Å². The van der Waals surface area contributed by atoms with E-state index in [1.807, 2.05) is 10.9 Å². The molecule has 0 amide bonds. The summed E-state index contributed by atoms with van der Waals surface area (Å²) >= 11 is 0. The molecule has 2 aromatic carbocycles. The fraction of sp³-hybridized carbons (Fsp3) is 0.400. The summed E-state index contributed by atoms with van der Waals surface area (Å²) in [6.45, 7) is 10.8. The van der Waals surface area contributed by atoms with Crippen molar-refractivity contribution in [2.24, 2.45) is 0 Å². The Morgan fingerprint density at radius 2 is 1.90 bits per heavy atom. The van der Waals surface area contributed by atoms with Crippen LogP contribution in [0, 0.1) is 6.07 Å². The summed E-state index contributed by atoms with van der Waals surface area (Å²) in [5, 5.41) is 4.64. The van der Waals surface area contributed by atoms with Gasteiger partial charge in [0.25, 0.3) is 0 Å². The summed E-state index contributed by atoms with van der Waals surface area (Å²) < 4.78 is 13.6. The molecule has 5 rings (SSSR count). The molecule has 160 valence electrons. The molecule has 0 N–H and O–H groups in total. The van der Waals surface area contributed by atoms with Gasteiger partial charge in [0.05, 0.1) is 31.6 Å². The van der Waals surface area contributed by atoms with Gasteiger partial charge in [-0.15, -0.1) is 17.2 Å². The fourth-order valence-electron chi connectivity index (χ4n) is 4.71. The van der Waals surface area contributed by atoms with Crippen LogP contribution in [0.5, 0.6) is 0 Å². The van der Waals surface area contributed by atoms with Crippen LogP contribution in [0.3, 0.4) is 0 Å². The van der Waals surface area contributed by atoms with E-state index in [9.17, 15) is 0 Å². The van der Waals surface area contributed by atoms with Crippen LogP contribution in [0.15, 0.2) is 48.8 Å². The Bertz CT molecular complexity index is 1070. The zero-order valence-electron chi connectivity index (χ0n) is 17.8. The number of nitrogens with zero attached hydrogens (tertiary/aromatic N) is 2. The summed E-state index contributed by atoms with van der Waals surface area (Å²) in [6, 6.07) is 16.5. The Morgan fingerprint density at radius 1 is 1.10 bits per heavy atom. The number of aromatic nitrogens is 2. The van der Waals surface area contributed by atoms with Crippen LogP contribution in [0.1, 0.15) is 50.3 Å². The van der Waals surface area contributed by atoms with Crippen LogP contribution < -0.4 is 0 Å². The molecule has 2 heterocycles. The number of fused-ring (bicyclic) bond motifs is 3. The SMILES string of the molecule is CC(c1cnn(-c2[c-]cc3c(c2)-c2ccccc2C3(C)C)c1)C1(C)COCCO1.[Pd]. The molecule has 1 aliphatic heterocycles. The predicted octanol–water partition coefficient (Wildman–Crippen LogP) is 4.89. The first-order chi connectivity index (χ1) is 13.9. The molecule has 2 aliphatic rings. The summed E-state index contributed by atoms with van der Waals surface area (Å²) in [7, 11) is 0. The first kappa shape index (κ1) is 21.5. The number of rotatable bonds is 3. The van der Waals surface area contributed by atoms with E-state index in [4.69, 9.17) is 9.47 Å². The maximum absolute atomic E-state index is 6.05. The van der Waals surface area contributed by atoms with Gasteiger partial charge in [0.1, 0.15) is 0 Å². The molecular formula is C25H27N2O2Pd-. The van der Waals surface area contributed by atoms with Gasteiger partial charge in [0, 0.05) is 32.5 Å². The minimum absolute atomic E-state index is 0. The quantitative estimate of drug-likeness (QED) is 0.385. The normalized spacial score (nSPS) is 22.7. The maximum atomic E-state index is 6.05. The predicted molar refractivity (Wildman–Crippen MR) is 114 cm³/mol. The second-order valence-electron chi connectivity index (χ2n) is 8.97. The third-order valence-corrected chi connectivity index (χ3v) is 6.81. The van der Waals surface area contributed by atoms with Crippen LogP contribution in [-0.2, 0) is 35.3 Å². The van der Waals surface area contributed by atoms with E-state index in [1.54, 1.807) is 0 Å². The van der Waals surface area contributed by atoms with Crippen LogP contribution in [0.25, 0.3) is 16.8 Å². The van der Waals surface area contributed by atoms with E-state index in [-0.39, 0.29) is 37.4 Å². The van der Waals surface area contributed by atoms with Gasteiger partial charge in [-0.3, -0.25) is 4.68 Å². The average Bonchev–Trinajstić information content (AvgIpc) is 3.31. The Labute approximate surface area is 192 Å². The minimum Gasteiger partial charge on any atom is -0.376 e. The van der Waals surface area contributed by atoms with Gasteiger partial charge in [-0.2, -0.15) is 17.2 Å². The van der Waals surface area contributed by atoms with Crippen LogP contribution in [0.4, 0.5) is 0 Å². The second-order valence-corrected chi connectivity index (χ2v) is 8.97. The fourth-order valence-corrected chi connectivity index (χ4v) is 4.71. The molecule has 4 nitrogen and oxygen atoms in total. The Balaban J connectivity index is 0.00000218. The summed E-state index contributed by atoms with van der Waals surface area (Å²) in [5.41, 5.74) is 7.06. The molecular weight excluding hydrogens is 467 g/mol. The molecule has 2 atom stereocenters. The van der Waals surface area contributed by atoms with Crippen LogP contribution in [0.2, 0.25) is 0 Å². The summed E-state index contributed by atoms with van der Waals surface area (Å²) in [6.07, 6.45) is 4.03. The van der Waals surface area contributed by atoms with Crippen molar-refractivity contribution in [1.82, 2.24) is 9.78 Å². The number of hydrogen-bond donors (Lipinski definition) is 0. The third kappa shape index (κ3) is 3.29. The van der Waals surface area contributed by atoms with E-state index in [1.165, 1.54) is 22.3 Å². The monoisotopic (exact) mass is 493 g/mol. The molecule has 30 heavy (non-hydrogen) atoms. The van der Waals surface area contributed by atoms with Crippen molar-refractivity contribution in [2.45, 2.75) is 44.6 Å². The number of benzene rings is 2. The molecule has 1 aromatic heterocycles. The third-order valence-electron chi connectivity index (χ3n) is 6.81. The van der Waals surface area contributed by atoms with Gasteiger partial charge in [-0.05, 0) is 34.7 Å². The van der Waals surface area contributed by atoms with Gasteiger partial charge >= 0.3 is 0 Å². The van der Waals surface area contributed by atoms with Gasteiger partial charge in [0.15, 0.2) is 0 Å².